The first-order chi connectivity index (χ1) is 9.90. The normalized spacial score (nSPS) is 12.2. The van der Waals surface area contributed by atoms with Crippen LogP contribution in [0.1, 0.15) is 28.2 Å². The van der Waals surface area contributed by atoms with E-state index in [1.165, 1.54) is 0 Å². The second-order valence-corrected chi connectivity index (χ2v) is 5.97. The number of carbonyl (C=O) groups is 1. The van der Waals surface area contributed by atoms with Crippen LogP contribution in [0.15, 0.2) is 36.4 Å². The van der Waals surface area contributed by atoms with Crippen molar-refractivity contribution in [1.82, 2.24) is 0 Å². The second-order valence-electron chi connectivity index (χ2n) is 5.16. The number of hydrogen-bond acceptors (Lipinski definition) is 1. The lowest BCUT2D eigenvalue weighted by molar-refractivity contribution is -0.138. The highest BCUT2D eigenvalue weighted by Crippen LogP contribution is 2.32. The van der Waals surface area contributed by atoms with Crippen molar-refractivity contribution in [3.05, 3.63) is 68.7 Å². The third kappa shape index (κ3) is 3.58. The molecule has 21 heavy (non-hydrogen) atoms. The fourth-order valence-corrected chi connectivity index (χ4v) is 2.95. The van der Waals surface area contributed by atoms with Crippen molar-refractivity contribution in [2.45, 2.75) is 26.2 Å². The van der Waals surface area contributed by atoms with Crippen LogP contribution in [0, 0.1) is 13.8 Å². The Labute approximate surface area is 134 Å². The molecule has 0 heterocycles. The lowest BCUT2D eigenvalue weighted by Gasteiger charge is -2.17. The molecule has 110 valence electrons. The number of aliphatic carboxylic acids is 1. The highest BCUT2D eigenvalue weighted by atomic mass is 35.5. The van der Waals surface area contributed by atoms with Crippen LogP contribution >= 0.6 is 23.2 Å². The van der Waals surface area contributed by atoms with Gasteiger partial charge in [0.15, 0.2) is 0 Å². The zero-order chi connectivity index (χ0) is 15.6. The first-order valence-corrected chi connectivity index (χ1v) is 7.38. The Kier molecular flexibility index (Phi) is 4.92. The SMILES string of the molecule is Cc1ccc(C)c(C(Cc2c(Cl)cccc2Cl)C(=O)O)c1. The molecule has 2 aromatic rings. The Morgan fingerprint density at radius 2 is 1.76 bits per heavy atom. The number of rotatable bonds is 4. The summed E-state index contributed by atoms with van der Waals surface area (Å²) in [6.45, 7) is 3.86. The lowest BCUT2D eigenvalue weighted by Crippen LogP contribution is -2.16. The van der Waals surface area contributed by atoms with Crippen molar-refractivity contribution in [3.8, 4) is 0 Å². The molecule has 0 bridgehead atoms. The molecule has 0 spiro atoms. The van der Waals surface area contributed by atoms with Crippen molar-refractivity contribution in [1.29, 1.82) is 0 Å². The number of aryl methyl sites for hydroxylation is 2. The van der Waals surface area contributed by atoms with Gasteiger partial charge in [0.25, 0.3) is 0 Å². The molecule has 2 rings (SSSR count). The minimum Gasteiger partial charge on any atom is -0.481 e. The first-order valence-electron chi connectivity index (χ1n) is 6.63. The molecule has 0 amide bonds. The summed E-state index contributed by atoms with van der Waals surface area (Å²) < 4.78 is 0. The molecule has 4 heteroatoms. The van der Waals surface area contributed by atoms with Crippen LogP contribution in [0.2, 0.25) is 10.0 Å². The van der Waals surface area contributed by atoms with Gasteiger partial charge < -0.3 is 5.11 Å². The van der Waals surface area contributed by atoms with Crippen molar-refractivity contribution < 1.29 is 9.90 Å². The van der Waals surface area contributed by atoms with Crippen molar-refractivity contribution >= 4 is 29.2 Å². The molecule has 0 radical (unpaired) electrons. The Hall–Kier alpha value is -1.51. The van der Waals surface area contributed by atoms with E-state index < -0.39 is 11.9 Å². The zero-order valence-corrected chi connectivity index (χ0v) is 13.4. The van der Waals surface area contributed by atoms with E-state index in [0.29, 0.717) is 15.6 Å². The van der Waals surface area contributed by atoms with Gasteiger partial charge in [-0.15, -0.1) is 0 Å². The van der Waals surface area contributed by atoms with Gasteiger partial charge in [0.05, 0.1) is 5.92 Å². The third-order valence-corrected chi connectivity index (χ3v) is 4.29. The summed E-state index contributed by atoms with van der Waals surface area (Å²) in [5, 5.41) is 10.6. The molecule has 2 aromatic carbocycles. The van der Waals surface area contributed by atoms with Crippen LogP contribution in [0.4, 0.5) is 0 Å². The van der Waals surface area contributed by atoms with Crippen molar-refractivity contribution in [3.63, 3.8) is 0 Å². The molecule has 0 aliphatic heterocycles. The Balaban J connectivity index is 2.46. The number of carboxylic acid groups (broad SMARTS) is 1. The maximum absolute atomic E-state index is 11.7. The van der Waals surface area contributed by atoms with Gasteiger partial charge >= 0.3 is 5.97 Å². The van der Waals surface area contributed by atoms with E-state index in [1.54, 1.807) is 18.2 Å². The Bertz CT molecular complexity index is 660. The molecule has 1 N–H and O–H groups in total. The first kappa shape index (κ1) is 15.9. The van der Waals surface area contributed by atoms with Gasteiger partial charge in [-0.2, -0.15) is 0 Å². The van der Waals surface area contributed by atoms with Gasteiger partial charge in [-0.1, -0.05) is 53.0 Å². The minimum atomic E-state index is -0.875. The summed E-state index contributed by atoms with van der Waals surface area (Å²) in [7, 11) is 0. The summed E-state index contributed by atoms with van der Waals surface area (Å²) in [6.07, 6.45) is 0.276. The van der Waals surface area contributed by atoms with Crippen LogP contribution in [-0.2, 0) is 11.2 Å². The van der Waals surface area contributed by atoms with Gasteiger partial charge in [-0.3, -0.25) is 4.79 Å². The van der Waals surface area contributed by atoms with Gasteiger partial charge in [-0.05, 0) is 49.1 Å². The second kappa shape index (κ2) is 6.50. The van der Waals surface area contributed by atoms with E-state index in [-0.39, 0.29) is 6.42 Å². The maximum atomic E-state index is 11.7. The quantitative estimate of drug-likeness (QED) is 0.857. The fourth-order valence-electron chi connectivity index (χ4n) is 2.40. The van der Waals surface area contributed by atoms with E-state index in [0.717, 1.165) is 16.7 Å². The standard InChI is InChI=1S/C17H16Cl2O2/c1-10-6-7-11(2)12(8-10)13(17(20)21)9-14-15(18)4-3-5-16(14)19/h3-8,13H,9H2,1-2H3,(H,20,21). The molecule has 0 saturated carbocycles. The molecule has 0 aromatic heterocycles. The zero-order valence-electron chi connectivity index (χ0n) is 11.9. The number of benzene rings is 2. The Morgan fingerprint density at radius 3 is 2.33 bits per heavy atom. The highest BCUT2D eigenvalue weighted by Gasteiger charge is 2.24. The molecule has 0 aliphatic rings. The summed E-state index contributed by atoms with van der Waals surface area (Å²) in [4.78, 5) is 11.7. The van der Waals surface area contributed by atoms with E-state index in [2.05, 4.69) is 0 Å². The molecule has 0 aliphatic carbocycles. The van der Waals surface area contributed by atoms with Crippen LogP contribution in [0.5, 0.6) is 0 Å². The molecule has 1 unspecified atom stereocenters. The van der Waals surface area contributed by atoms with Gasteiger partial charge in [0.1, 0.15) is 0 Å². The summed E-state index contributed by atoms with van der Waals surface area (Å²) >= 11 is 12.3. The molecule has 1 atom stereocenters. The molecule has 2 nitrogen and oxygen atoms in total. The van der Waals surface area contributed by atoms with Crippen LogP contribution < -0.4 is 0 Å². The van der Waals surface area contributed by atoms with E-state index >= 15 is 0 Å². The predicted molar refractivity (Wildman–Crippen MR) is 86.5 cm³/mol. The number of carboxylic acids is 1. The third-order valence-electron chi connectivity index (χ3n) is 3.58. The molecule has 0 saturated heterocycles. The fraction of sp³-hybridized carbons (Fsp3) is 0.235. The molecular weight excluding hydrogens is 307 g/mol. The predicted octanol–water partition coefficient (Wildman–Crippen LogP) is 5.02. The number of hydrogen-bond donors (Lipinski definition) is 1. The average molecular weight is 323 g/mol. The smallest absolute Gasteiger partial charge is 0.311 e. The Morgan fingerprint density at radius 1 is 1.14 bits per heavy atom. The largest absolute Gasteiger partial charge is 0.481 e. The van der Waals surface area contributed by atoms with Gasteiger partial charge in [0.2, 0.25) is 0 Å². The van der Waals surface area contributed by atoms with Crippen molar-refractivity contribution in [2.75, 3.05) is 0 Å². The topological polar surface area (TPSA) is 37.3 Å². The number of halogens is 2. The monoisotopic (exact) mass is 322 g/mol. The van der Waals surface area contributed by atoms with Gasteiger partial charge in [-0.25, -0.2) is 0 Å². The summed E-state index contributed by atoms with van der Waals surface area (Å²) in [6, 6.07) is 11.0. The molecule has 0 fully saturated rings. The summed E-state index contributed by atoms with van der Waals surface area (Å²) in [5.41, 5.74) is 3.47. The maximum Gasteiger partial charge on any atom is 0.311 e. The minimum absolute atomic E-state index is 0.276. The van der Waals surface area contributed by atoms with Crippen LogP contribution in [0.3, 0.4) is 0 Å². The highest BCUT2D eigenvalue weighted by molar-refractivity contribution is 6.36. The molecular formula is C17H16Cl2O2. The lowest BCUT2D eigenvalue weighted by atomic mass is 9.88. The van der Waals surface area contributed by atoms with E-state index in [1.807, 2.05) is 32.0 Å². The van der Waals surface area contributed by atoms with E-state index in [9.17, 15) is 9.90 Å². The average Bonchev–Trinajstić information content (AvgIpc) is 2.41. The van der Waals surface area contributed by atoms with Gasteiger partial charge in [0, 0.05) is 10.0 Å². The van der Waals surface area contributed by atoms with Crippen molar-refractivity contribution in [2.24, 2.45) is 0 Å². The van der Waals surface area contributed by atoms with Crippen LogP contribution in [-0.4, -0.2) is 11.1 Å². The van der Waals surface area contributed by atoms with Crippen LogP contribution in [0.25, 0.3) is 0 Å². The summed E-state index contributed by atoms with van der Waals surface area (Å²) in [5.74, 6) is -1.54. The van der Waals surface area contributed by atoms with E-state index in [4.69, 9.17) is 23.2 Å².